The summed E-state index contributed by atoms with van der Waals surface area (Å²) in [6, 6.07) is 3.16. The number of aromatic hydroxyl groups is 2. The molecule has 0 saturated carbocycles. The van der Waals surface area contributed by atoms with Crippen LogP contribution in [0.15, 0.2) is 12.1 Å². The third kappa shape index (κ3) is 9.56. The molecule has 0 heterocycles. The van der Waals surface area contributed by atoms with E-state index in [4.69, 9.17) is 0 Å². The Bertz CT molecular complexity index is 641. The van der Waals surface area contributed by atoms with Gasteiger partial charge in [-0.2, -0.15) is 0 Å². The number of carboxylic acid groups (broad SMARTS) is 1. The van der Waals surface area contributed by atoms with Crippen molar-refractivity contribution in [2.75, 3.05) is 0 Å². The van der Waals surface area contributed by atoms with Gasteiger partial charge in [0.2, 0.25) is 0 Å². The summed E-state index contributed by atoms with van der Waals surface area (Å²) in [5, 5.41) is 29.8. The maximum atomic E-state index is 11.2. The molecule has 0 spiro atoms. The first-order chi connectivity index (χ1) is 13.4. The molecule has 0 radical (unpaired) electrons. The maximum Gasteiger partial charge on any atom is 0.309 e. The van der Waals surface area contributed by atoms with Crippen molar-refractivity contribution in [1.82, 2.24) is 0 Å². The second-order valence-corrected chi connectivity index (χ2v) is 10.3. The van der Waals surface area contributed by atoms with Crippen LogP contribution < -0.4 is 0 Å². The first-order valence-corrected chi connectivity index (χ1v) is 11.2. The van der Waals surface area contributed by atoms with Gasteiger partial charge in [-0.25, -0.2) is 0 Å². The molecule has 166 valence electrons. The molecule has 0 saturated heterocycles. The van der Waals surface area contributed by atoms with E-state index in [-0.39, 0.29) is 11.5 Å². The summed E-state index contributed by atoms with van der Waals surface area (Å²) in [5.74, 6) is -0.219. The van der Waals surface area contributed by atoms with Crippen LogP contribution in [0.1, 0.15) is 104 Å². The second-order valence-electron chi connectivity index (χ2n) is 10.3. The third-order valence-corrected chi connectivity index (χ3v) is 5.79. The molecule has 29 heavy (non-hydrogen) atoms. The molecule has 1 rings (SSSR count). The molecule has 4 heteroatoms. The monoisotopic (exact) mass is 406 g/mol. The second kappa shape index (κ2) is 11.5. The largest absolute Gasteiger partial charge is 0.508 e. The molecule has 0 aliphatic carbocycles. The molecular formula is C25H42O4. The quantitative estimate of drug-likeness (QED) is 0.247. The van der Waals surface area contributed by atoms with Crippen LogP contribution in [0.3, 0.4) is 0 Å². The fourth-order valence-corrected chi connectivity index (χ4v) is 3.69. The lowest BCUT2D eigenvalue weighted by atomic mass is 9.86. The first-order valence-electron chi connectivity index (χ1n) is 11.2. The number of hydrogen-bond acceptors (Lipinski definition) is 3. The lowest BCUT2D eigenvalue weighted by Gasteiger charge is -2.19. The van der Waals surface area contributed by atoms with Gasteiger partial charge in [-0.3, -0.25) is 4.79 Å². The molecule has 0 atom stereocenters. The number of benzene rings is 1. The third-order valence-electron chi connectivity index (χ3n) is 5.79. The first kappa shape index (κ1) is 25.3. The van der Waals surface area contributed by atoms with Gasteiger partial charge >= 0.3 is 5.97 Å². The summed E-state index contributed by atoms with van der Waals surface area (Å²) < 4.78 is 0. The van der Waals surface area contributed by atoms with Crippen LogP contribution in [0.4, 0.5) is 0 Å². The summed E-state index contributed by atoms with van der Waals surface area (Å²) >= 11 is 0. The molecule has 0 aliphatic heterocycles. The Morgan fingerprint density at radius 1 is 0.724 bits per heavy atom. The highest BCUT2D eigenvalue weighted by Crippen LogP contribution is 2.33. The number of carboxylic acids is 1. The molecule has 0 fully saturated rings. The van der Waals surface area contributed by atoms with Crippen LogP contribution in [0, 0.1) is 10.8 Å². The minimum absolute atomic E-state index is 0.261. The van der Waals surface area contributed by atoms with Crippen molar-refractivity contribution < 1.29 is 20.1 Å². The van der Waals surface area contributed by atoms with Crippen LogP contribution in [0.5, 0.6) is 11.5 Å². The van der Waals surface area contributed by atoms with E-state index in [9.17, 15) is 20.1 Å². The number of phenols is 2. The Labute approximate surface area is 177 Å². The molecule has 0 aromatic heterocycles. The average molecular weight is 407 g/mol. The van der Waals surface area contributed by atoms with Gasteiger partial charge in [0.05, 0.1) is 5.41 Å². The Morgan fingerprint density at radius 2 is 1.14 bits per heavy atom. The summed E-state index contributed by atoms with van der Waals surface area (Å²) in [6.07, 6.45) is 10.6. The van der Waals surface area contributed by atoms with Gasteiger partial charge < -0.3 is 15.3 Å². The van der Waals surface area contributed by atoms with Gasteiger partial charge in [0.1, 0.15) is 11.5 Å². The Balaban J connectivity index is 2.50. The van der Waals surface area contributed by atoms with Gasteiger partial charge in [-0.15, -0.1) is 0 Å². The summed E-state index contributed by atoms with van der Waals surface area (Å²) in [6.45, 7) is 10.3. The van der Waals surface area contributed by atoms with Gasteiger partial charge in [0.15, 0.2) is 0 Å². The molecule has 1 aromatic carbocycles. The summed E-state index contributed by atoms with van der Waals surface area (Å²) in [4.78, 5) is 11.2. The fraction of sp³-hybridized carbons (Fsp3) is 0.720. The average Bonchev–Trinajstić information content (AvgIpc) is 2.60. The number of aliphatic carboxylic acids is 1. The summed E-state index contributed by atoms with van der Waals surface area (Å²) in [5.41, 5.74) is 1.44. The van der Waals surface area contributed by atoms with Gasteiger partial charge in [-0.05, 0) is 69.9 Å². The van der Waals surface area contributed by atoms with E-state index in [1.165, 1.54) is 19.3 Å². The number of phenolic OH excluding ortho intramolecular Hbond substituents is 2. The molecule has 1 aromatic rings. The zero-order valence-electron chi connectivity index (χ0n) is 19.2. The Hall–Kier alpha value is -1.71. The molecule has 3 N–H and O–H groups in total. The molecule has 0 aliphatic rings. The number of unbranched alkanes of at least 4 members (excludes halogenated alkanes) is 5. The van der Waals surface area contributed by atoms with E-state index in [1.807, 2.05) is 0 Å². The molecule has 4 nitrogen and oxygen atoms in total. The van der Waals surface area contributed by atoms with Crippen molar-refractivity contribution in [2.24, 2.45) is 10.8 Å². The molecular weight excluding hydrogens is 364 g/mol. The highest BCUT2D eigenvalue weighted by molar-refractivity contribution is 5.73. The van der Waals surface area contributed by atoms with Crippen molar-refractivity contribution in [1.29, 1.82) is 0 Å². The Morgan fingerprint density at radius 3 is 1.59 bits per heavy atom. The van der Waals surface area contributed by atoms with Crippen molar-refractivity contribution in [2.45, 2.75) is 105 Å². The van der Waals surface area contributed by atoms with Crippen molar-refractivity contribution in [3.8, 4) is 11.5 Å². The van der Waals surface area contributed by atoms with E-state index in [0.29, 0.717) is 18.3 Å². The van der Waals surface area contributed by atoms with E-state index in [1.54, 1.807) is 26.0 Å². The minimum atomic E-state index is -0.757. The smallest absolute Gasteiger partial charge is 0.309 e. The number of rotatable bonds is 13. The zero-order chi connectivity index (χ0) is 22.1. The SMILES string of the molecule is CC(C)(C)CCCCCCc1c(O)ccc(O)c1CCCCCC(C)(C)C(=O)O. The highest BCUT2D eigenvalue weighted by Gasteiger charge is 2.26. The molecule has 0 amide bonds. The van der Waals surface area contributed by atoms with Crippen LogP contribution in [-0.2, 0) is 17.6 Å². The maximum absolute atomic E-state index is 11.2. The molecule has 0 bridgehead atoms. The van der Waals surface area contributed by atoms with Gasteiger partial charge in [0, 0.05) is 11.1 Å². The molecule has 0 unspecified atom stereocenters. The Kier molecular flexibility index (Phi) is 10.0. The van der Waals surface area contributed by atoms with Crippen LogP contribution in [0.25, 0.3) is 0 Å². The van der Waals surface area contributed by atoms with Gasteiger partial charge in [-0.1, -0.05) is 52.9 Å². The lowest BCUT2D eigenvalue weighted by Crippen LogP contribution is -2.23. The van der Waals surface area contributed by atoms with E-state index >= 15 is 0 Å². The van der Waals surface area contributed by atoms with E-state index in [0.717, 1.165) is 49.7 Å². The zero-order valence-corrected chi connectivity index (χ0v) is 19.2. The van der Waals surface area contributed by atoms with Crippen LogP contribution in [0.2, 0.25) is 0 Å². The lowest BCUT2D eigenvalue weighted by molar-refractivity contribution is -0.147. The minimum Gasteiger partial charge on any atom is -0.508 e. The van der Waals surface area contributed by atoms with Crippen LogP contribution in [-0.4, -0.2) is 21.3 Å². The highest BCUT2D eigenvalue weighted by atomic mass is 16.4. The number of carbonyl (C=O) groups is 1. The van der Waals surface area contributed by atoms with Crippen molar-refractivity contribution >= 4 is 5.97 Å². The van der Waals surface area contributed by atoms with E-state index in [2.05, 4.69) is 20.8 Å². The normalized spacial score (nSPS) is 12.3. The predicted octanol–water partition coefficient (Wildman–Crippen LogP) is 6.85. The topological polar surface area (TPSA) is 77.8 Å². The standard InChI is InChI=1S/C25H42O4/c1-24(2,3)17-11-7-6-9-13-19-20(22(27)16-15-21(19)26)14-10-8-12-18-25(4,5)23(28)29/h15-16,26-27H,6-14,17-18H2,1-5H3,(H,28,29). The number of hydrogen-bond donors (Lipinski definition) is 3. The predicted molar refractivity (Wildman–Crippen MR) is 120 cm³/mol. The van der Waals surface area contributed by atoms with Crippen LogP contribution >= 0.6 is 0 Å². The van der Waals surface area contributed by atoms with Crippen molar-refractivity contribution in [3.63, 3.8) is 0 Å². The van der Waals surface area contributed by atoms with Gasteiger partial charge in [0.25, 0.3) is 0 Å². The summed E-state index contributed by atoms with van der Waals surface area (Å²) in [7, 11) is 0. The van der Waals surface area contributed by atoms with E-state index < -0.39 is 11.4 Å². The van der Waals surface area contributed by atoms with Crippen molar-refractivity contribution in [3.05, 3.63) is 23.3 Å². The fourth-order valence-electron chi connectivity index (χ4n) is 3.69.